The van der Waals surface area contributed by atoms with Crippen molar-refractivity contribution in [3.05, 3.63) is 59.7 Å². The van der Waals surface area contributed by atoms with E-state index in [9.17, 15) is 9.59 Å². The van der Waals surface area contributed by atoms with E-state index >= 15 is 0 Å². The van der Waals surface area contributed by atoms with Gasteiger partial charge in [0.2, 0.25) is 0 Å². The van der Waals surface area contributed by atoms with Crippen LogP contribution in [0.15, 0.2) is 48.5 Å². The lowest BCUT2D eigenvalue weighted by atomic mass is 10.1. The van der Waals surface area contributed by atoms with E-state index < -0.39 is 0 Å². The van der Waals surface area contributed by atoms with Crippen LogP contribution in [0.1, 0.15) is 46.9 Å². The molecular formula is C22H26N2O4. The molecule has 3 rings (SSSR count). The first-order chi connectivity index (χ1) is 13.7. The summed E-state index contributed by atoms with van der Waals surface area (Å²) in [6.45, 7) is 3.89. The van der Waals surface area contributed by atoms with E-state index in [0.717, 1.165) is 31.6 Å². The van der Waals surface area contributed by atoms with Gasteiger partial charge in [0.1, 0.15) is 5.75 Å². The predicted octanol–water partition coefficient (Wildman–Crippen LogP) is 3.64. The van der Waals surface area contributed by atoms with Crippen molar-refractivity contribution in [2.24, 2.45) is 0 Å². The van der Waals surface area contributed by atoms with Crippen LogP contribution < -0.4 is 15.4 Å². The van der Waals surface area contributed by atoms with Crippen molar-refractivity contribution in [3.8, 4) is 5.75 Å². The van der Waals surface area contributed by atoms with Crippen LogP contribution in [0.5, 0.6) is 5.75 Å². The van der Waals surface area contributed by atoms with Gasteiger partial charge in [-0.15, -0.1) is 0 Å². The molecule has 1 aliphatic rings. The largest absolute Gasteiger partial charge is 0.494 e. The van der Waals surface area contributed by atoms with Crippen LogP contribution in [0.4, 0.5) is 5.69 Å². The molecule has 6 nitrogen and oxygen atoms in total. The van der Waals surface area contributed by atoms with E-state index in [0.29, 0.717) is 30.0 Å². The number of hydrogen-bond acceptors (Lipinski definition) is 4. The van der Waals surface area contributed by atoms with Crippen molar-refractivity contribution in [2.45, 2.75) is 32.3 Å². The van der Waals surface area contributed by atoms with Gasteiger partial charge in [0.05, 0.1) is 24.0 Å². The number of para-hydroxylation sites is 1. The SMILES string of the molecule is CCCOc1ccc(C(=O)Nc2ccccc2C(=O)NCC2CCCO2)cc1. The number of benzene rings is 2. The lowest BCUT2D eigenvalue weighted by Crippen LogP contribution is -2.32. The zero-order chi connectivity index (χ0) is 19.8. The lowest BCUT2D eigenvalue weighted by molar-refractivity contribution is 0.0858. The van der Waals surface area contributed by atoms with Gasteiger partial charge in [-0.05, 0) is 55.7 Å². The topological polar surface area (TPSA) is 76.7 Å². The second-order valence-electron chi connectivity index (χ2n) is 6.72. The molecular weight excluding hydrogens is 356 g/mol. The fraction of sp³-hybridized carbons (Fsp3) is 0.364. The van der Waals surface area contributed by atoms with Gasteiger partial charge in [0.25, 0.3) is 11.8 Å². The van der Waals surface area contributed by atoms with Crippen molar-refractivity contribution in [1.82, 2.24) is 5.32 Å². The number of nitrogens with one attached hydrogen (secondary N) is 2. The molecule has 2 aromatic carbocycles. The number of hydrogen-bond donors (Lipinski definition) is 2. The van der Waals surface area contributed by atoms with Crippen LogP contribution in [0.3, 0.4) is 0 Å². The number of carbonyl (C=O) groups is 2. The molecule has 0 radical (unpaired) electrons. The van der Waals surface area contributed by atoms with Gasteiger partial charge >= 0.3 is 0 Å². The minimum absolute atomic E-state index is 0.0687. The molecule has 6 heteroatoms. The summed E-state index contributed by atoms with van der Waals surface area (Å²) >= 11 is 0. The van der Waals surface area contributed by atoms with E-state index in [-0.39, 0.29) is 17.9 Å². The van der Waals surface area contributed by atoms with Gasteiger partial charge in [-0.3, -0.25) is 9.59 Å². The quantitative estimate of drug-likeness (QED) is 0.731. The molecule has 0 bridgehead atoms. The van der Waals surface area contributed by atoms with Crippen LogP contribution in [0.25, 0.3) is 0 Å². The first-order valence-corrected chi connectivity index (χ1v) is 9.70. The Morgan fingerprint density at radius 3 is 2.61 bits per heavy atom. The Morgan fingerprint density at radius 1 is 1.11 bits per heavy atom. The van der Waals surface area contributed by atoms with Crippen LogP contribution in [-0.4, -0.2) is 37.7 Å². The summed E-state index contributed by atoms with van der Waals surface area (Å²) < 4.78 is 11.1. The molecule has 28 heavy (non-hydrogen) atoms. The standard InChI is InChI=1S/C22H26N2O4/c1-2-13-27-17-11-9-16(10-12-17)21(25)24-20-8-4-3-7-19(20)22(26)23-15-18-6-5-14-28-18/h3-4,7-12,18H,2,5-6,13-15H2,1H3,(H,23,26)(H,24,25). The summed E-state index contributed by atoms with van der Waals surface area (Å²) in [5.41, 5.74) is 1.40. The third-order valence-corrected chi connectivity index (χ3v) is 4.52. The number of carbonyl (C=O) groups excluding carboxylic acids is 2. The minimum Gasteiger partial charge on any atom is -0.494 e. The fourth-order valence-corrected chi connectivity index (χ4v) is 3.01. The average Bonchev–Trinajstić information content (AvgIpc) is 3.25. The van der Waals surface area contributed by atoms with Gasteiger partial charge in [0.15, 0.2) is 0 Å². The fourth-order valence-electron chi connectivity index (χ4n) is 3.01. The molecule has 1 saturated heterocycles. The average molecular weight is 382 g/mol. The second kappa shape index (κ2) is 9.90. The smallest absolute Gasteiger partial charge is 0.255 e. The summed E-state index contributed by atoms with van der Waals surface area (Å²) in [5.74, 6) is 0.225. The first kappa shape index (κ1) is 19.9. The molecule has 2 amide bonds. The Bertz CT molecular complexity index is 798. The van der Waals surface area contributed by atoms with Gasteiger partial charge < -0.3 is 20.1 Å². The van der Waals surface area contributed by atoms with Gasteiger partial charge in [-0.2, -0.15) is 0 Å². The molecule has 1 heterocycles. The molecule has 1 atom stereocenters. The van der Waals surface area contributed by atoms with Crippen molar-refractivity contribution >= 4 is 17.5 Å². The van der Waals surface area contributed by atoms with E-state index in [4.69, 9.17) is 9.47 Å². The number of ether oxygens (including phenoxy) is 2. The summed E-state index contributed by atoms with van der Waals surface area (Å²) in [7, 11) is 0. The second-order valence-corrected chi connectivity index (χ2v) is 6.72. The molecule has 0 saturated carbocycles. The molecule has 1 unspecified atom stereocenters. The minimum atomic E-state index is -0.276. The normalized spacial score (nSPS) is 15.8. The Morgan fingerprint density at radius 2 is 1.89 bits per heavy atom. The van der Waals surface area contributed by atoms with Crippen molar-refractivity contribution < 1.29 is 19.1 Å². The van der Waals surface area contributed by atoms with Crippen molar-refractivity contribution in [2.75, 3.05) is 25.1 Å². The maximum Gasteiger partial charge on any atom is 0.255 e. The molecule has 2 N–H and O–H groups in total. The number of amides is 2. The third kappa shape index (κ3) is 5.33. The van der Waals surface area contributed by atoms with E-state index in [1.807, 2.05) is 6.92 Å². The highest BCUT2D eigenvalue weighted by molar-refractivity contribution is 6.09. The summed E-state index contributed by atoms with van der Waals surface area (Å²) in [4.78, 5) is 25.1. The zero-order valence-corrected chi connectivity index (χ0v) is 16.1. The lowest BCUT2D eigenvalue weighted by Gasteiger charge is -2.14. The summed E-state index contributed by atoms with van der Waals surface area (Å²) in [6, 6.07) is 13.9. The molecule has 0 aliphatic carbocycles. The van der Waals surface area contributed by atoms with Crippen LogP contribution in [0.2, 0.25) is 0 Å². The number of rotatable bonds is 8. The molecule has 1 aliphatic heterocycles. The molecule has 148 valence electrons. The van der Waals surface area contributed by atoms with Crippen molar-refractivity contribution in [3.63, 3.8) is 0 Å². The Kier molecular flexibility index (Phi) is 7.03. The van der Waals surface area contributed by atoms with Crippen LogP contribution >= 0.6 is 0 Å². The summed E-state index contributed by atoms with van der Waals surface area (Å²) in [6.07, 6.45) is 2.97. The summed E-state index contributed by atoms with van der Waals surface area (Å²) in [5, 5.41) is 5.72. The third-order valence-electron chi connectivity index (χ3n) is 4.52. The van der Waals surface area contributed by atoms with Gasteiger partial charge in [-0.1, -0.05) is 19.1 Å². The highest BCUT2D eigenvalue weighted by Gasteiger charge is 2.18. The molecule has 2 aromatic rings. The highest BCUT2D eigenvalue weighted by Crippen LogP contribution is 2.18. The van der Waals surface area contributed by atoms with E-state index in [2.05, 4.69) is 10.6 Å². The number of anilines is 1. The Hall–Kier alpha value is -2.86. The maximum absolute atomic E-state index is 12.6. The molecule has 0 spiro atoms. The predicted molar refractivity (Wildman–Crippen MR) is 108 cm³/mol. The van der Waals surface area contributed by atoms with E-state index in [1.54, 1.807) is 48.5 Å². The Labute approximate surface area is 165 Å². The van der Waals surface area contributed by atoms with Gasteiger partial charge in [-0.25, -0.2) is 0 Å². The molecule has 1 fully saturated rings. The van der Waals surface area contributed by atoms with Crippen LogP contribution in [0, 0.1) is 0 Å². The maximum atomic E-state index is 12.6. The zero-order valence-electron chi connectivity index (χ0n) is 16.1. The van der Waals surface area contributed by atoms with Gasteiger partial charge in [0, 0.05) is 18.7 Å². The Balaban J connectivity index is 1.63. The molecule has 0 aromatic heterocycles. The van der Waals surface area contributed by atoms with Crippen molar-refractivity contribution in [1.29, 1.82) is 0 Å². The highest BCUT2D eigenvalue weighted by atomic mass is 16.5. The van der Waals surface area contributed by atoms with Crippen LogP contribution in [-0.2, 0) is 4.74 Å². The first-order valence-electron chi connectivity index (χ1n) is 9.70. The van der Waals surface area contributed by atoms with E-state index in [1.165, 1.54) is 0 Å². The monoisotopic (exact) mass is 382 g/mol.